The number of halogens is 1. The van der Waals surface area contributed by atoms with Crippen LogP contribution in [0.25, 0.3) is 11.0 Å². The van der Waals surface area contributed by atoms with E-state index in [0.29, 0.717) is 5.69 Å². The number of anilines is 1. The summed E-state index contributed by atoms with van der Waals surface area (Å²) in [6, 6.07) is 12.1. The first kappa shape index (κ1) is 11.1. The van der Waals surface area contributed by atoms with Gasteiger partial charge in [-0.1, -0.05) is 12.1 Å². The third-order valence-electron chi connectivity index (χ3n) is 2.55. The Hall–Kier alpha value is -2.01. The molecule has 3 nitrogen and oxygen atoms in total. The van der Waals surface area contributed by atoms with Crippen LogP contribution in [-0.2, 0) is 0 Å². The average Bonchev–Trinajstić information content (AvgIpc) is 2.75. The lowest BCUT2D eigenvalue weighted by atomic mass is 10.3. The van der Waals surface area contributed by atoms with Gasteiger partial charge in [-0.05, 0) is 42.1 Å². The first-order chi connectivity index (χ1) is 8.72. The van der Waals surface area contributed by atoms with Crippen molar-refractivity contribution in [3.63, 3.8) is 0 Å². The average molecular weight is 259 g/mol. The van der Waals surface area contributed by atoms with Gasteiger partial charge in [-0.2, -0.15) is 0 Å². The minimum absolute atomic E-state index is 0.332. The second kappa shape index (κ2) is 4.34. The van der Waals surface area contributed by atoms with Crippen LogP contribution in [0.5, 0.6) is 0 Å². The molecule has 1 aromatic heterocycles. The molecule has 0 saturated heterocycles. The van der Waals surface area contributed by atoms with Crippen LogP contribution in [0.1, 0.15) is 0 Å². The maximum absolute atomic E-state index is 12.9. The van der Waals surface area contributed by atoms with Crippen LogP contribution in [0, 0.1) is 5.82 Å². The number of hydrogen-bond donors (Lipinski definition) is 2. The third-order valence-corrected chi connectivity index (χ3v) is 3.52. The van der Waals surface area contributed by atoms with Crippen molar-refractivity contribution in [2.75, 3.05) is 5.73 Å². The van der Waals surface area contributed by atoms with Gasteiger partial charge >= 0.3 is 0 Å². The van der Waals surface area contributed by atoms with E-state index >= 15 is 0 Å². The molecular formula is C13H10FN3S. The molecule has 0 amide bonds. The van der Waals surface area contributed by atoms with Crippen LogP contribution in [0.4, 0.5) is 10.1 Å². The molecule has 0 bridgehead atoms. The Morgan fingerprint density at radius 3 is 2.78 bits per heavy atom. The molecule has 0 radical (unpaired) electrons. The first-order valence-corrected chi connectivity index (χ1v) is 6.21. The fourth-order valence-corrected chi connectivity index (χ4v) is 2.52. The number of nitrogens with zero attached hydrogens (tertiary/aromatic N) is 1. The van der Waals surface area contributed by atoms with Crippen molar-refractivity contribution in [2.24, 2.45) is 0 Å². The van der Waals surface area contributed by atoms with Gasteiger partial charge in [0.25, 0.3) is 0 Å². The first-order valence-electron chi connectivity index (χ1n) is 5.40. The van der Waals surface area contributed by atoms with Gasteiger partial charge in [-0.15, -0.1) is 0 Å². The van der Waals surface area contributed by atoms with E-state index in [-0.39, 0.29) is 5.82 Å². The highest BCUT2D eigenvalue weighted by Gasteiger charge is 2.07. The van der Waals surface area contributed by atoms with Crippen molar-refractivity contribution in [1.82, 2.24) is 9.97 Å². The van der Waals surface area contributed by atoms with E-state index in [1.165, 1.54) is 23.9 Å². The SMILES string of the molecule is Nc1cc(F)ccc1Sc1nc2ccccc2[nH]1. The van der Waals surface area contributed by atoms with Crippen molar-refractivity contribution in [3.05, 3.63) is 48.3 Å². The highest BCUT2D eigenvalue weighted by atomic mass is 32.2. The Morgan fingerprint density at radius 2 is 2.00 bits per heavy atom. The molecule has 0 atom stereocenters. The number of para-hydroxylation sites is 2. The summed E-state index contributed by atoms with van der Waals surface area (Å²) in [6.07, 6.45) is 0. The number of imidazole rings is 1. The number of fused-ring (bicyclic) bond motifs is 1. The number of aromatic amines is 1. The summed E-state index contributed by atoms with van der Waals surface area (Å²) in [5, 5.41) is 0.745. The molecule has 5 heteroatoms. The number of nitrogens with one attached hydrogen (secondary N) is 1. The largest absolute Gasteiger partial charge is 0.398 e. The summed E-state index contributed by atoms with van der Waals surface area (Å²) in [5.74, 6) is -0.332. The third kappa shape index (κ3) is 2.04. The monoisotopic (exact) mass is 259 g/mol. The zero-order valence-electron chi connectivity index (χ0n) is 9.35. The molecule has 0 aliphatic carbocycles. The van der Waals surface area contributed by atoms with Crippen LogP contribution in [0.3, 0.4) is 0 Å². The minimum atomic E-state index is -0.332. The summed E-state index contributed by atoms with van der Waals surface area (Å²) in [6.45, 7) is 0. The lowest BCUT2D eigenvalue weighted by Crippen LogP contribution is -1.89. The molecule has 0 aliphatic heterocycles. The van der Waals surface area contributed by atoms with Gasteiger partial charge in [0.1, 0.15) is 5.82 Å². The highest BCUT2D eigenvalue weighted by Crippen LogP contribution is 2.31. The lowest BCUT2D eigenvalue weighted by Gasteiger charge is -2.02. The molecule has 3 aromatic rings. The minimum Gasteiger partial charge on any atom is -0.398 e. The summed E-state index contributed by atoms with van der Waals surface area (Å²) >= 11 is 1.39. The lowest BCUT2D eigenvalue weighted by molar-refractivity contribution is 0.627. The maximum atomic E-state index is 12.9. The Balaban J connectivity index is 1.96. The number of aromatic nitrogens is 2. The number of rotatable bonds is 2. The van der Waals surface area contributed by atoms with Gasteiger partial charge in [0.2, 0.25) is 0 Å². The normalized spacial score (nSPS) is 10.9. The standard InChI is InChI=1S/C13H10FN3S/c14-8-5-6-12(9(15)7-8)18-13-16-10-3-1-2-4-11(10)17-13/h1-7H,15H2,(H,16,17). The summed E-state index contributed by atoms with van der Waals surface area (Å²) in [5.41, 5.74) is 8.05. The predicted molar refractivity (Wildman–Crippen MR) is 71.0 cm³/mol. The van der Waals surface area contributed by atoms with Gasteiger partial charge < -0.3 is 10.7 Å². The molecule has 90 valence electrons. The molecule has 0 unspecified atom stereocenters. The van der Waals surface area contributed by atoms with Gasteiger partial charge in [0.05, 0.1) is 11.0 Å². The van der Waals surface area contributed by atoms with Crippen LogP contribution >= 0.6 is 11.8 Å². The molecular weight excluding hydrogens is 249 g/mol. The second-order valence-electron chi connectivity index (χ2n) is 3.84. The van der Waals surface area contributed by atoms with Crippen LogP contribution in [-0.4, -0.2) is 9.97 Å². The number of benzene rings is 2. The van der Waals surface area contributed by atoms with Gasteiger partial charge in [0, 0.05) is 10.6 Å². The molecule has 3 rings (SSSR count). The van der Waals surface area contributed by atoms with Gasteiger partial charge in [-0.25, -0.2) is 9.37 Å². The van der Waals surface area contributed by atoms with E-state index in [0.717, 1.165) is 21.1 Å². The fourth-order valence-electron chi connectivity index (χ4n) is 1.69. The van der Waals surface area contributed by atoms with Crippen molar-refractivity contribution < 1.29 is 4.39 Å². The molecule has 0 aliphatic rings. The number of hydrogen-bond acceptors (Lipinski definition) is 3. The van der Waals surface area contributed by atoms with E-state index in [9.17, 15) is 4.39 Å². The summed E-state index contributed by atoms with van der Waals surface area (Å²) in [7, 11) is 0. The molecule has 3 N–H and O–H groups in total. The van der Waals surface area contributed by atoms with E-state index in [1.54, 1.807) is 6.07 Å². The van der Waals surface area contributed by atoms with E-state index in [1.807, 2.05) is 24.3 Å². The quantitative estimate of drug-likeness (QED) is 0.693. The fraction of sp³-hybridized carbons (Fsp3) is 0. The van der Waals surface area contributed by atoms with E-state index in [4.69, 9.17) is 5.73 Å². The van der Waals surface area contributed by atoms with Gasteiger partial charge in [0.15, 0.2) is 5.16 Å². The molecule has 0 fully saturated rings. The number of nitrogens with two attached hydrogens (primary N) is 1. The zero-order chi connectivity index (χ0) is 12.5. The van der Waals surface area contributed by atoms with Crippen LogP contribution in [0.15, 0.2) is 52.5 Å². The van der Waals surface area contributed by atoms with Crippen LogP contribution < -0.4 is 5.73 Å². The van der Waals surface area contributed by atoms with Crippen molar-refractivity contribution in [2.45, 2.75) is 10.1 Å². The topological polar surface area (TPSA) is 54.7 Å². The van der Waals surface area contributed by atoms with Crippen molar-refractivity contribution >= 4 is 28.5 Å². The smallest absolute Gasteiger partial charge is 0.171 e. The predicted octanol–water partition coefficient (Wildman–Crippen LogP) is 3.44. The Bertz CT molecular complexity index is 675. The Morgan fingerprint density at radius 1 is 1.17 bits per heavy atom. The second-order valence-corrected chi connectivity index (χ2v) is 4.87. The Labute approximate surface area is 107 Å². The molecule has 0 saturated carbocycles. The Kier molecular flexibility index (Phi) is 2.68. The molecule has 2 aromatic carbocycles. The molecule has 18 heavy (non-hydrogen) atoms. The number of nitrogen functional groups attached to an aromatic ring is 1. The van der Waals surface area contributed by atoms with Crippen LogP contribution in [0.2, 0.25) is 0 Å². The molecule has 1 heterocycles. The van der Waals surface area contributed by atoms with Gasteiger partial charge in [-0.3, -0.25) is 0 Å². The van der Waals surface area contributed by atoms with E-state index in [2.05, 4.69) is 9.97 Å². The highest BCUT2D eigenvalue weighted by molar-refractivity contribution is 7.99. The summed E-state index contributed by atoms with van der Waals surface area (Å²) in [4.78, 5) is 8.41. The summed E-state index contributed by atoms with van der Waals surface area (Å²) < 4.78 is 12.9. The van der Waals surface area contributed by atoms with E-state index < -0.39 is 0 Å². The zero-order valence-corrected chi connectivity index (χ0v) is 10.2. The van der Waals surface area contributed by atoms with Crippen molar-refractivity contribution in [3.8, 4) is 0 Å². The maximum Gasteiger partial charge on any atom is 0.171 e. The molecule has 0 spiro atoms. The number of H-pyrrole nitrogens is 1. The van der Waals surface area contributed by atoms with Crippen molar-refractivity contribution in [1.29, 1.82) is 0 Å².